The molecule has 1 atom stereocenters. The quantitative estimate of drug-likeness (QED) is 0.578. The van der Waals surface area contributed by atoms with Crippen molar-refractivity contribution in [1.29, 1.82) is 0 Å². The second kappa shape index (κ2) is 7.40. The van der Waals surface area contributed by atoms with Crippen molar-refractivity contribution in [2.75, 3.05) is 31.1 Å². The number of nitro groups is 1. The molecule has 27 heavy (non-hydrogen) atoms. The summed E-state index contributed by atoms with van der Waals surface area (Å²) in [5.41, 5.74) is 1.79. The van der Waals surface area contributed by atoms with Gasteiger partial charge in [-0.2, -0.15) is 0 Å². The Morgan fingerprint density at radius 2 is 1.89 bits per heavy atom. The first-order valence-electron chi connectivity index (χ1n) is 8.75. The Hall–Kier alpha value is -2.25. The molecule has 0 aliphatic carbocycles. The predicted molar refractivity (Wildman–Crippen MR) is 107 cm³/mol. The van der Waals surface area contributed by atoms with Crippen molar-refractivity contribution in [2.24, 2.45) is 0 Å². The molecule has 0 radical (unpaired) electrons. The highest BCUT2D eigenvalue weighted by Gasteiger charge is 2.33. The number of amides is 1. The maximum atomic E-state index is 12.9. The highest BCUT2D eigenvalue weighted by molar-refractivity contribution is 8.01. The van der Waals surface area contributed by atoms with Crippen molar-refractivity contribution >= 4 is 40.6 Å². The number of carbonyl (C=O) groups is 1. The number of thioether (sulfide) groups is 1. The van der Waals surface area contributed by atoms with Gasteiger partial charge < -0.3 is 9.80 Å². The summed E-state index contributed by atoms with van der Waals surface area (Å²) in [6.07, 6.45) is 0.766. The van der Waals surface area contributed by atoms with Crippen LogP contribution in [-0.4, -0.2) is 47.2 Å². The van der Waals surface area contributed by atoms with E-state index in [2.05, 4.69) is 12.1 Å². The number of piperazine rings is 1. The van der Waals surface area contributed by atoms with Crippen molar-refractivity contribution in [3.8, 4) is 0 Å². The summed E-state index contributed by atoms with van der Waals surface area (Å²) in [5, 5.41) is 11.6. The van der Waals surface area contributed by atoms with Gasteiger partial charge >= 0.3 is 0 Å². The molecule has 2 aliphatic rings. The van der Waals surface area contributed by atoms with Crippen molar-refractivity contribution in [3.63, 3.8) is 0 Å². The third-order valence-electron chi connectivity index (χ3n) is 4.99. The minimum Gasteiger partial charge on any atom is -0.362 e. The van der Waals surface area contributed by atoms with Crippen molar-refractivity contribution < 1.29 is 9.72 Å². The highest BCUT2D eigenvalue weighted by Crippen LogP contribution is 2.38. The fraction of sp³-hybridized carbons (Fsp3) is 0.316. The Kier molecular flexibility index (Phi) is 4.97. The monoisotopic (exact) mass is 403 g/mol. The van der Waals surface area contributed by atoms with Gasteiger partial charge in [0.1, 0.15) is 5.69 Å². The van der Waals surface area contributed by atoms with E-state index in [1.807, 2.05) is 21.9 Å². The molecule has 8 heteroatoms. The van der Waals surface area contributed by atoms with Crippen molar-refractivity contribution in [1.82, 2.24) is 4.90 Å². The van der Waals surface area contributed by atoms with Crippen LogP contribution in [0, 0.1) is 10.1 Å². The molecule has 6 nitrogen and oxygen atoms in total. The molecule has 1 amide bonds. The Morgan fingerprint density at radius 1 is 1.15 bits per heavy atom. The van der Waals surface area contributed by atoms with E-state index in [9.17, 15) is 14.9 Å². The Morgan fingerprint density at radius 3 is 2.59 bits per heavy atom. The minimum atomic E-state index is -0.412. The fourth-order valence-electron chi connectivity index (χ4n) is 3.60. The van der Waals surface area contributed by atoms with E-state index in [4.69, 9.17) is 11.6 Å². The Balaban J connectivity index is 1.41. The molecule has 2 aliphatic heterocycles. The zero-order valence-corrected chi connectivity index (χ0v) is 16.1. The molecule has 0 N–H and O–H groups in total. The minimum absolute atomic E-state index is 0.00377. The Bertz CT molecular complexity index is 875. The molecular formula is C19H18ClN3O3S. The summed E-state index contributed by atoms with van der Waals surface area (Å²) in [5.74, 6) is 0.154. The topological polar surface area (TPSA) is 66.7 Å². The molecule has 0 spiro atoms. The van der Waals surface area contributed by atoms with Crippen molar-refractivity contribution in [2.45, 2.75) is 16.6 Å². The molecule has 1 fully saturated rings. The van der Waals surface area contributed by atoms with Gasteiger partial charge in [-0.1, -0.05) is 29.8 Å². The maximum Gasteiger partial charge on any atom is 0.294 e. The summed E-state index contributed by atoms with van der Waals surface area (Å²) >= 11 is 7.53. The molecule has 2 heterocycles. The molecule has 1 unspecified atom stereocenters. The third kappa shape index (κ3) is 3.61. The van der Waals surface area contributed by atoms with Crippen LogP contribution in [0.5, 0.6) is 0 Å². The molecule has 2 aromatic carbocycles. The summed E-state index contributed by atoms with van der Waals surface area (Å²) in [7, 11) is 0. The SMILES string of the molecule is O=C(C1Cc2ccccc2S1)N1CCN(c2ccc(Cl)cc2[N+](=O)[O-])CC1. The van der Waals surface area contributed by atoms with E-state index in [1.165, 1.54) is 16.5 Å². The second-order valence-corrected chi connectivity index (χ2v) is 8.30. The van der Waals surface area contributed by atoms with Gasteiger partial charge in [0.25, 0.3) is 5.69 Å². The number of carbonyl (C=O) groups excluding carboxylic acids is 1. The number of hydrogen-bond donors (Lipinski definition) is 0. The lowest BCUT2D eigenvalue weighted by atomic mass is 10.1. The number of benzene rings is 2. The van der Waals surface area contributed by atoms with Crippen LogP contribution in [0.25, 0.3) is 0 Å². The number of nitrogens with zero attached hydrogens (tertiary/aromatic N) is 3. The van der Waals surface area contributed by atoms with E-state index >= 15 is 0 Å². The molecule has 0 aromatic heterocycles. The number of fused-ring (bicyclic) bond motifs is 1. The lowest BCUT2D eigenvalue weighted by Crippen LogP contribution is -2.51. The van der Waals surface area contributed by atoms with Crippen LogP contribution in [0.2, 0.25) is 5.02 Å². The number of nitro benzene ring substituents is 1. The van der Waals surface area contributed by atoms with Crippen LogP contribution < -0.4 is 4.90 Å². The van der Waals surface area contributed by atoms with E-state index in [0.29, 0.717) is 36.9 Å². The van der Waals surface area contributed by atoms with E-state index in [1.54, 1.807) is 23.9 Å². The summed E-state index contributed by atoms with van der Waals surface area (Å²) < 4.78 is 0. The first kappa shape index (κ1) is 18.1. The largest absolute Gasteiger partial charge is 0.362 e. The summed E-state index contributed by atoms with van der Waals surface area (Å²) in [6, 6.07) is 12.9. The number of hydrogen-bond acceptors (Lipinski definition) is 5. The maximum absolute atomic E-state index is 12.9. The van der Waals surface area contributed by atoms with Gasteiger partial charge in [0.15, 0.2) is 0 Å². The number of anilines is 1. The van der Waals surface area contributed by atoms with Gasteiger partial charge in [-0.3, -0.25) is 14.9 Å². The van der Waals surface area contributed by atoms with Crippen LogP contribution >= 0.6 is 23.4 Å². The normalized spacial score (nSPS) is 19.1. The van der Waals surface area contributed by atoms with Gasteiger partial charge in [0.2, 0.25) is 5.91 Å². The smallest absolute Gasteiger partial charge is 0.294 e. The average Bonchev–Trinajstić information content (AvgIpc) is 3.11. The van der Waals surface area contributed by atoms with Crippen LogP contribution in [0.15, 0.2) is 47.4 Å². The van der Waals surface area contributed by atoms with Crippen molar-refractivity contribution in [3.05, 3.63) is 63.2 Å². The van der Waals surface area contributed by atoms with E-state index < -0.39 is 4.92 Å². The fourth-order valence-corrected chi connectivity index (χ4v) is 5.05. The zero-order valence-electron chi connectivity index (χ0n) is 14.5. The van der Waals surface area contributed by atoms with Gasteiger partial charge in [-0.15, -0.1) is 11.8 Å². The first-order valence-corrected chi connectivity index (χ1v) is 10.0. The molecule has 0 saturated carbocycles. The lowest BCUT2D eigenvalue weighted by molar-refractivity contribution is -0.384. The van der Waals surface area contributed by atoms with E-state index in [0.717, 1.165) is 6.42 Å². The van der Waals surface area contributed by atoms with Crippen LogP contribution in [-0.2, 0) is 11.2 Å². The summed E-state index contributed by atoms with van der Waals surface area (Å²) in [6.45, 7) is 2.26. The van der Waals surface area contributed by atoms with Gasteiger partial charge in [-0.25, -0.2) is 0 Å². The van der Waals surface area contributed by atoms with Crippen LogP contribution in [0.1, 0.15) is 5.56 Å². The molecule has 0 bridgehead atoms. The molecule has 2 aromatic rings. The molecule has 4 rings (SSSR count). The van der Waals surface area contributed by atoms with Crippen LogP contribution in [0.4, 0.5) is 11.4 Å². The lowest BCUT2D eigenvalue weighted by Gasteiger charge is -2.36. The summed E-state index contributed by atoms with van der Waals surface area (Å²) in [4.78, 5) is 28.8. The Labute approximate surface area is 166 Å². The standard InChI is InChI=1S/C19H18ClN3O3S/c20-14-5-6-15(16(12-14)23(25)26)21-7-9-22(10-8-21)19(24)18-11-13-3-1-2-4-17(13)27-18/h1-6,12,18H,7-11H2. The third-order valence-corrected chi connectivity index (χ3v) is 6.53. The first-order chi connectivity index (χ1) is 13.0. The van der Waals surface area contributed by atoms with Gasteiger partial charge in [0, 0.05) is 42.2 Å². The highest BCUT2D eigenvalue weighted by atomic mass is 35.5. The van der Waals surface area contributed by atoms with Gasteiger partial charge in [-0.05, 0) is 30.2 Å². The number of rotatable bonds is 3. The van der Waals surface area contributed by atoms with Gasteiger partial charge in [0.05, 0.1) is 10.2 Å². The average molecular weight is 404 g/mol. The second-order valence-electron chi connectivity index (χ2n) is 6.62. The molecular weight excluding hydrogens is 386 g/mol. The molecule has 1 saturated heterocycles. The molecule has 140 valence electrons. The predicted octanol–water partition coefficient (Wildman–Crippen LogP) is 3.61. The number of halogens is 1. The van der Waals surface area contributed by atoms with E-state index in [-0.39, 0.29) is 16.8 Å². The van der Waals surface area contributed by atoms with Crippen LogP contribution in [0.3, 0.4) is 0 Å². The zero-order chi connectivity index (χ0) is 19.0.